The van der Waals surface area contributed by atoms with E-state index in [4.69, 9.17) is 5.10 Å². The molecule has 0 aliphatic carbocycles. The highest BCUT2D eigenvalue weighted by Crippen LogP contribution is 2.40. The SMILES string of the molecule is O=C(c1ccc(-c2cccc3c2CCNC3)s1)N1N=C(c2cccnc2)CC1c1ccccc1O. The molecular weight excluding hydrogens is 456 g/mol. The van der Waals surface area contributed by atoms with Crippen LogP contribution >= 0.6 is 11.3 Å². The number of fused-ring (bicyclic) bond motifs is 1. The Morgan fingerprint density at radius 1 is 1.06 bits per heavy atom. The summed E-state index contributed by atoms with van der Waals surface area (Å²) in [4.78, 5) is 19.7. The molecule has 2 aromatic carbocycles. The van der Waals surface area contributed by atoms with Gasteiger partial charge < -0.3 is 10.4 Å². The molecule has 2 aliphatic rings. The number of benzene rings is 2. The minimum Gasteiger partial charge on any atom is -0.508 e. The zero-order valence-corrected chi connectivity index (χ0v) is 19.8. The molecule has 35 heavy (non-hydrogen) atoms. The molecule has 2 aromatic heterocycles. The van der Waals surface area contributed by atoms with Crippen molar-refractivity contribution in [3.8, 4) is 16.2 Å². The number of nitrogens with one attached hydrogen (secondary N) is 1. The van der Waals surface area contributed by atoms with Crippen LogP contribution in [0.3, 0.4) is 0 Å². The second-order valence-corrected chi connectivity index (χ2v) is 9.83. The van der Waals surface area contributed by atoms with Crippen molar-refractivity contribution in [2.24, 2.45) is 5.10 Å². The number of aromatic hydroxyl groups is 1. The van der Waals surface area contributed by atoms with Crippen LogP contribution < -0.4 is 5.32 Å². The van der Waals surface area contributed by atoms with E-state index in [9.17, 15) is 9.90 Å². The Morgan fingerprint density at radius 2 is 1.97 bits per heavy atom. The van der Waals surface area contributed by atoms with Gasteiger partial charge in [-0.15, -0.1) is 11.3 Å². The van der Waals surface area contributed by atoms with Crippen LogP contribution in [0.25, 0.3) is 10.4 Å². The fraction of sp³-hybridized carbons (Fsp3) is 0.179. The second-order valence-electron chi connectivity index (χ2n) is 8.75. The fourth-order valence-electron chi connectivity index (χ4n) is 4.89. The summed E-state index contributed by atoms with van der Waals surface area (Å²) < 4.78 is 0. The van der Waals surface area contributed by atoms with Crippen LogP contribution in [0, 0.1) is 0 Å². The Bertz CT molecular complexity index is 1430. The molecular formula is C28H24N4O2S. The normalized spacial score (nSPS) is 17.2. The van der Waals surface area contributed by atoms with E-state index >= 15 is 0 Å². The molecule has 4 aromatic rings. The highest BCUT2D eigenvalue weighted by molar-refractivity contribution is 7.17. The average Bonchev–Trinajstić information content (AvgIpc) is 3.57. The lowest BCUT2D eigenvalue weighted by Crippen LogP contribution is -2.26. The zero-order chi connectivity index (χ0) is 23.8. The van der Waals surface area contributed by atoms with Crippen LogP contribution in [0.2, 0.25) is 0 Å². The quantitative estimate of drug-likeness (QED) is 0.423. The number of amides is 1. The number of phenols is 1. The van der Waals surface area contributed by atoms with E-state index in [0.29, 0.717) is 16.9 Å². The summed E-state index contributed by atoms with van der Waals surface area (Å²) in [5.41, 5.74) is 6.22. The van der Waals surface area contributed by atoms with Gasteiger partial charge in [0.25, 0.3) is 5.91 Å². The number of aromatic nitrogens is 1. The highest BCUT2D eigenvalue weighted by atomic mass is 32.1. The largest absolute Gasteiger partial charge is 0.508 e. The van der Waals surface area contributed by atoms with E-state index < -0.39 is 0 Å². The Balaban J connectivity index is 1.36. The van der Waals surface area contributed by atoms with Crippen molar-refractivity contribution in [1.29, 1.82) is 0 Å². The monoisotopic (exact) mass is 480 g/mol. The summed E-state index contributed by atoms with van der Waals surface area (Å²) in [5.74, 6) is -0.00538. The van der Waals surface area contributed by atoms with Gasteiger partial charge in [-0.05, 0) is 53.9 Å². The molecule has 2 N–H and O–H groups in total. The molecule has 7 heteroatoms. The molecule has 2 aliphatic heterocycles. The van der Waals surface area contributed by atoms with Crippen molar-refractivity contribution in [2.45, 2.75) is 25.4 Å². The molecule has 0 saturated carbocycles. The van der Waals surface area contributed by atoms with E-state index in [0.717, 1.165) is 35.7 Å². The van der Waals surface area contributed by atoms with Gasteiger partial charge in [0.15, 0.2) is 0 Å². The molecule has 1 amide bonds. The topological polar surface area (TPSA) is 77.8 Å². The number of hydrogen-bond acceptors (Lipinski definition) is 6. The van der Waals surface area contributed by atoms with Crippen LogP contribution in [-0.2, 0) is 13.0 Å². The number of hydrogen-bond donors (Lipinski definition) is 2. The van der Waals surface area contributed by atoms with Gasteiger partial charge in [0, 0.05) is 41.4 Å². The third kappa shape index (κ3) is 4.03. The van der Waals surface area contributed by atoms with Gasteiger partial charge >= 0.3 is 0 Å². The third-order valence-corrected chi connectivity index (χ3v) is 7.74. The predicted octanol–water partition coefficient (Wildman–Crippen LogP) is 5.15. The van der Waals surface area contributed by atoms with Crippen molar-refractivity contribution < 1.29 is 9.90 Å². The van der Waals surface area contributed by atoms with Crippen LogP contribution in [0.1, 0.15) is 44.4 Å². The van der Waals surface area contributed by atoms with Crippen molar-refractivity contribution in [3.05, 3.63) is 106 Å². The first kappa shape index (κ1) is 21.7. The lowest BCUT2D eigenvalue weighted by molar-refractivity contribution is 0.0714. The van der Waals surface area contributed by atoms with Gasteiger partial charge in [0.05, 0.1) is 16.6 Å². The summed E-state index contributed by atoms with van der Waals surface area (Å²) in [6.45, 7) is 1.84. The summed E-state index contributed by atoms with van der Waals surface area (Å²) in [6, 6.07) is 20.9. The van der Waals surface area contributed by atoms with Crippen LogP contribution in [0.15, 0.2) is 84.2 Å². The number of phenolic OH excluding ortho intramolecular Hbond substituents is 1. The Kier molecular flexibility index (Phi) is 5.64. The molecule has 1 atom stereocenters. The molecule has 0 spiro atoms. The number of rotatable bonds is 4. The first-order valence-electron chi connectivity index (χ1n) is 11.7. The maximum absolute atomic E-state index is 13.8. The van der Waals surface area contributed by atoms with E-state index in [2.05, 4.69) is 28.5 Å². The number of carbonyl (C=O) groups excluding carboxylic acids is 1. The van der Waals surface area contributed by atoms with Crippen LogP contribution in [-0.4, -0.2) is 33.3 Å². The van der Waals surface area contributed by atoms with Gasteiger partial charge in [-0.1, -0.05) is 42.5 Å². The van der Waals surface area contributed by atoms with Crippen LogP contribution in [0.5, 0.6) is 5.75 Å². The van der Waals surface area contributed by atoms with Crippen molar-refractivity contribution in [2.75, 3.05) is 6.54 Å². The average molecular weight is 481 g/mol. The van der Waals surface area contributed by atoms with Crippen molar-refractivity contribution in [3.63, 3.8) is 0 Å². The van der Waals surface area contributed by atoms with Gasteiger partial charge in [0.1, 0.15) is 5.75 Å². The summed E-state index contributed by atoms with van der Waals surface area (Å²) in [6.07, 6.45) is 4.96. The van der Waals surface area contributed by atoms with Crippen molar-refractivity contribution >= 4 is 23.0 Å². The fourth-order valence-corrected chi connectivity index (χ4v) is 5.88. The van der Waals surface area contributed by atoms with E-state index in [1.807, 2.05) is 36.4 Å². The smallest absolute Gasteiger partial charge is 0.284 e. The summed E-state index contributed by atoms with van der Waals surface area (Å²) >= 11 is 1.50. The Hall–Kier alpha value is -3.81. The number of hydrazone groups is 1. The van der Waals surface area contributed by atoms with E-state index in [1.54, 1.807) is 24.5 Å². The standard InChI is InChI=1S/C28H24N4O2S/c33-25-9-2-1-7-22(25)24-15-23(19-6-4-13-29-17-19)31-32(24)28(34)27-11-10-26(35-27)21-8-3-5-18-16-30-14-12-20(18)21/h1-11,13,17,24,30,33H,12,14-16H2. The number of carbonyl (C=O) groups is 1. The first-order chi connectivity index (χ1) is 17.2. The van der Waals surface area contributed by atoms with Crippen molar-refractivity contribution in [1.82, 2.24) is 15.3 Å². The molecule has 1 unspecified atom stereocenters. The third-order valence-electron chi connectivity index (χ3n) is 6.63. The van der Waals surface area contributed by atoms with E-state index in [-0.39, 0.29) is 17.7 Å². The molecule has 0 saturated heterocycles. The maximum atomic E-state index is 13.8. The van der Waals surface area contributed by atoms with Gasteiger partial charge in [0.2, 0.25) is 0 Å². The first-order valence-corrected chi connectivity index (χ1v) is 12.5. The van der Waals surface area contributed by atoms with E-state index in [1.165, 1.54) is 33.0 Å². The molecule has 0 radical (unpaired) electrons. The molecule has 0 fully saturated rings. The molecule has 174 valence electrons. The lowest BCUT2D eigenvalue weighted by Gasteiger charge is -2.22. The summed E-state index contributed by atoms with van der Waals surface area (Å²) in [5, 5.41) is 20.2. The summed E-state index contributed by atoms with van der Waals surface area (Å²) in [7, 11) is 0. The minimum absolute atomic E-state index is 0.161. The Labute approximate surface area is 207 Å². The molecule has 6 nitrogen and oxygen atoms in total. The molecule has 6 rings (SSSR count). The predicted molar refractivity (Wildman–Crippen MR) is 138 cm³/mol. The number of para-hydroxylation sites is 1. The molecule has 4 heterocycles. The number of thiophene rings is 1. The Morgan fingerprint density at radius 3 is 2.83 bits per heavy atom. The molecule has 0 bridgehead atoms. The van der Waals surface area contributed by atoms with Gasteiger partial charge in [-0.25, -0.2) is 5.01 Å². The second kappa shape index (κ2) is 9.09. The highest BCUT2D eigenvalue weighted by Gasteiger charge is 2.35. The van der Waals surface area contributed by atoms with Gasteiger partial charge in [-0.2, -0.15) is 5.10 Å². The zero-order valence-electron chi connectivity index (χ0n) is 19.0. The number of nitrogens with zero attached hydrogens (tertiary/aromatic N) is 3. The van der Waals surface area contributed by atoms with Gasteiger partial charge in [-0.3, -0.25) is 9.78 Å². The minimum atomic E-state index is -0.389. The van der Waals surface area contributed by atoms with Crippen LogP contribution in [0.4, 0.5) is 0 Å². The maximum Gasteiger partial charge on any atom is 0.284 e. The number of pyridine rings is 1. The lowest BCUT2D eigenvalue weighted by atomic mass is 9.95.